The molecule has 2 aliphatic rings. The summed E-state index contributed by atoms with van der Waals surface area (Å²) in [5.41, 5.74) is 4.78. The monoisotopic (exact) mass is 677 g/mol. The number of hydrogen-bond donors (Lipinski definition) is 0. The van der Waals surface area contributed by atoms with Crippen molar-refractivity contribution in [2.45, 2.75) is 44.6 Å². The summed E-state index contributed by atoms with van der Waals surface area (Å²) in [5.74, 6) is 0.442. The van der Waals surface area contributed by atoms with Crippen molar-refractivity contribution < 1.29 is 18.9 Å². The van der Waals surface area contributed by atoms with Gasteiger partial charge in [-0.05, 0) is 85.6 Å². The number of piperazine rings is 1. The third-order valence-electron chi connectivity index (χ3n) is 9.57. The molecule has 12 nitrogen and oxygen atoms in total. The number of hydrogen-bond acceptors (Lipinski definition) is 10. The highest BCUT2D eigenvalue weighted by Gasteiger charge is 2.45. The van der Waals surface area contributed by atoms with Gasteiger partial charge in [-0.1, -0.05) is 19.1 Å². The van der Waals surface area contributed by atoms with Crippen molar-refractivity contribution in [3.05, 3.63) is 119 Å². The number of para-hydroxylation sites is 1. The Balaban J connectivity index is 0.931. The molecular formula is C38H43N7O5. The Kier molecular flexibility index (Phi) is 9.81. The summed E-state index contributed by atoms with van der Waals surface area (Å²) in [6, 6.07) is 26.1. The quantitative estimate of drug-likeness (QED) is 0.179. The Bertz CT molecular complexity index is 1910. The molecule has 2 aromatic heterocycles. The van der Waals surface area contributed by atoms with Crippen LogP contribution in [0.3, 0.4) is 0 Å². The maximum Gasteiger partial charge on any atom is 0.350 e. The first kappa shape index (κ1) is 33.3. The molecular weight excluding hydrogens is 634 g/mol. The molecule has 7 rings (SSSR count). The summed E-state index contributed by atoms with van der Waals surface area (Å²) in [6.07, 6.45) is 6.03. The summed E-state index contributed by atoms with van der Waals surface area (Å²) < 4.78 is 28.0. The van der Waals surface area contributed by atoms with Gasteiger partial charge >= 0.3 is 5.69 Å². The fraction of sp³-hybridized carbons (Fsp3) is 0.368. The molecule has 50 heavy (non-hydrogen) atoms. The number of nitrogens with zero attached hydrogens (tertiary/aromatic N) is 7. The predicted molar refractivity (Wildman–Crippen MR) is 190 cm³/mol. The Morgan fingerprint density at radius 3 is 2.24 bits per heavy atom. The van der Waals surface area contributed by atoms with Gasteiger partial charge < -0.3 is 28.7 Å². The Labute approximate surface area is 291 Å². The fourth-order valence-electron chi connectivity index (χ4n) is 6.58. The van der Waals surface area contributed by atoms with E-state index < -0.39 is 5.79 Å². The van der Waals surface area contributed by atoms with Gasteiger partial charge in [0.15, 0.2) is 0 Å². The molecule has 4 heterocycles. The molecule has 3 aromatic carbocycles. The van der Waals surface area contributed by atoms with Crippen molar-refractivity contribution in [1.29, 1.82) is 0 Å². The second-order valence-electron chi connectivity index (χ2n) is 12.7. The zero-order valence-corrected chi connectivity index (χ0v) is 28.7. The van der Waals surface area contributed by atoms with Gasteiger partial charge in [0.25, 0.3) is 0 Å². The minimum absolute atomic E-state index is 0.0680. The van der Waals surface area contributed by atoms with Crippen LogP contribution in [-0.4, -0.2) is 77.2 Å². The van der Waals surface area contributed by atoms with E-state index in [0.29, 0.717) is 25.4 Å². The lowest BCUT2D eigenvalue weighted by molar-refractivity contribution is -0.179. The second kappa shape index (κ2) is 14.7. The first-order valence-electron chi connectivity index (χ1n) is 17.2. The lowest BCUT2D eigenvalue weighted by atomic mass is 9.97. The first-order valence-corrected chi connectivity index (χ1v) is 17.2. The van der Waals surface area contributed by atoms with Crippen molar-refractivity contribution in [2.24, 2.45) is 0 Å². The minimum atomic E-state index is -1.03. The van der Waals surface area contributed by atoms with E-state index in [-0.39, 0.29) is 17.8 Å². The van der Waals surface area contributed by atoms with Gasteiger partial charge in [-0.25, -0.2) is 14.0 Å². The standard InChI is InChI=1S/C38H43N7O5/c1-4-28(2)45-37(46)44(27-41-45)32-11-9-30(10-12-32)42-19-21-43(22-20-42)31-13-15-33(16-14-31)48-25-34-26-49-38(50-34,23-29-17-18-39-40-24-29)35-7-5-6-8-36(35)47-3/h5-18,24,27-28,34H,4,19-23,25-26H2,1-3H3/t28?,34-,38+/m1/s1. The van der Waals surface area contributed by atoms with Gasteiger partial charge in [0, 0.05) is 50.2 Å². The smallest absolute Gasteiger partial charge is 0.350 e. The van der Waals surface area contributed by atoms with E-state index in [2.05, 4.69) is 56.3 Å². The highest BCUT2D eigenvalue weighted by atomic mass is 16.8. The van der Waals surface area contributed by atoms with Crippen LogP contribution in [0.15, 0.2) is 102 Å². The largest absolute Gasteiger partial charge is 0.496 e. The summed E-state index contributed by atoms with van der Waals surface area (Å²) in [6.45, 7) is 8.36. The van der Waals surface area contributed by atoms with Crippen molar-refractivity contribution in [1.82, 2.24) is 24.5 Å². The second-order valence-corrected chi connectivity index (χ2v) is 12.7. The van der Waals surface area contributed by atoms with Crippen molar-refractivity contribution in [3.8, 4) is 17.2 Å². The van der Waals surface area contributed by atoms with Crippen LogP contribution >= 0.6 is 0 Å². The zero-order valence-electron chi connectivity index (χ0n) is 28.7. The van der Waals surface area contributed by atoms with Gasteiger partial charge in [-0.3, -0.25) is 0 Å². The Morgan fingerprint density at radius 1 is 0.900 bits per heavy atom. The van der Waals surface area contributed by atoms with E-state index >= 15 is 0 Å². The molecule has 0 amide bonds. The summed E-state index contributed by atoms with van der Waals surface area (Å²) in [7, 11) is 1.65. The van der Waals surface area contributed by atoms with E-state index in [9.17, 15) is 4.79 Å². The van der Waals surface area contributed by atoms with Crippen LogP contribution < -0.4 is 25.0 Å². The number of rotatable bonds is 12. The lowest BCUT2D eigenvalue weighted by Crippen LogP contribution is -2.46. The molecule has 260 valence electrons. The molecule has 0 N–H and O–H groups in total. The average molecular weight is 678 g/mol. The van der Waals surface area contributed by atoms with Crippen LogP contribution in [0, 0.1) is 0 Å². The maximum absolute atomic E-state index is 12.8. The molecule has 0 saturated carbocycles. The van der Waals surface area contributed by atoms with E-state index in [4.69, 9.17) is 18.9 Å². The number of anilines is 2. The molecule has 2 saturated heterocycles. The topological polar surface area (TPSA) is 109 Å². The van der Waals surface area contributed by atoms with Gasteiger partial charge in [-0.2, -0.15) is 15.3 Å². The minimum Gasteiger partial charge on any atom is -0.496 e. The average Bonchev–Trinajstić information content (AvgIpc) is 3.78. The molecule has 3 atom stereocenters. The highest BCUT2D eigenvalue weighted by molar-refractivity contribution is 5.55. The van der Waals surface area contributed by atoms with Crippen LogP contribution in [0.1, 0.15) is 37.4 Å². The Hall–Kier alpha value is -5.20. The summed E-state index contributed by atoms with van der Waals surface area (Å²) >= 11 is 0. The van der Waals surface area contributed by atoms with Gasteiger partial charge in [0.2, 0.25) is 5.79 Å². The van der Waals surface area contributed by atoms with Crippen LogP contribution in [-0.2, 0) is 21.7 Å². The van der Waals surface area contributed by atoms with Crippen LogP contribution in [0.4, 0.5) is 11.4 Å². The van der Waals surface area contributed by atoms with E-state index in [1.165, 1.54) is 0 Å². The highest BCUT2D eigenvalue weighted by Crippen LogP contribution is 2.42. The predicted octanol–water partition coefficient (Wildman–Crippen LogP) is 5.02. The van der Waals surface area contributed by atoms with Crippen LogP contribution in [0.25, 0.3) is 5.69 Å². The molecule has 0 aliphatic carbocycles. The number of methoxy groups -OCH3 is 1. The normalized spacial score (nSPS) is 19.8. The van der Waals surface area contributed by atoms with E-state index in [1.807, 2.05) is 61.5 Å². The van der Waals surface area contributed by atoms with Crippen molar-refractivity contribution >= 4 is 11.4 Å². The molecule has 12 heteroatoms. The number of aromatic nitrogens is 5. The molecule has 0 spiro atoms. The first-order chi connectivity index (χ1) is 24.5. The summed E-state index contributed by atoms with van der Waals surface area (Å²) in [5, 5.41) is 12.2. The molecule has 0 bridgehead atoms. The number of ether oxygens (including phenoxy) is 4. The third kappa shape index (κ3) is 6.94. The van der Waals surface area contributed by atoms with E-state index in [1.54, 1.807) is 35.1 Å². The fourth-order valence-corrected chi connectivity index (χ4v) is 6.58. The molecule has 5 aromatic rings. The number of benzene rings is 3. The van der Waals surface area contributed by atoms with E-state index in [0.717, 1.165) is 66.5 Å². The third-order valence-corrected chi connectivity index (χ3v) is 9.57. The van der Waals surface area contributed by atoms with Crippen LogP contribution in [0.2, 0.25) is 0 Å². The van der Waals surface area contributed by atoms with Gasteiger partial charge in [-0.15, -0.1) is 0 Å². The Morgan fingerprint density at radius 2 is 1.58 bits per heavy atom. The summed E-state index contributed by atoms with van der Waals surface area (Å²) in [4.78, 5) is 17.6. The van der Waals surface area contributed by atoms with Gasteiger partial charge in [0.05, 0.1) is 37.2 Å². The van der Waals surface area contributed by atoms with Gasteiger partial charge in [0.1, 0.15) is 30.5 Å². The molecule has 2 aliphatic heterocycles. The van der Waals surface area contributed by atoms with Crippen molar-refractivity contribution in [2.75, 3.05) is 56.3 Å². The van der Waals surface area contributed by atoms with Crippen molar-refractivity contribution in [3.63, 3.8) is 0 Å². The molecule has 2 fully saturated rings. The molecule has 0 radical (unpaired) electrons. The van der Waals surface area contributed by atoms with Crippen LogP contribution in [0.5, 0.6) is 11.5 Å². The molecule has 1 unspecified atom stereocenters. The zero-order chi connectivity index (χ0) is 34.5. The lowest BCUT2D eigenvalue weighted by Gasteiger charge is -2.37. The maximum atomic E-state index is 12.8. The SMILES string of the molecule is CCC(C)n1ncn(-c2ccc(N3CCN(c4ccc(OC[C@@H]5CO[C@](Cc6ccnnc6)(c6ccccc6OC)O5)cc4)CC3)cc2)c1=O.